The molecule has 0 aromatic carbocycles. The SMILES string of the molecule is C=C(C)/C=C(\OC(=C)C)C(C)(C)C. The highest BCUT2D eigenvalue weighted by molar-refractivity contribution is 5.19. The van der Waals surface area contributed by atoms with Gasteiger partial charge < -0.3 is 4.74 Å². The van der Waals surface area contributed by atoms with E-state index in [1.165, 1.54) is 0 Å². The first-order valence-electron chi connectivity index (χ1n) is 4.44. The molecule has 74 valence electrons. The predicted octanol–water partition coefficient (Wildman–Crippen LogP) is 4.04. The highest BCUT2D eigenvalue weighted by Gasteiger charge is 2.18. The van der Waals surface area contributed by atoms with Crippen molar-refractivity contribution in [1.82, 2.24) is 0 Å². The summed E-state index contributed by atoms with van der Waals surface area (Å²) in [6, 6.07) is 0. The molecule has 0 amide bonds. The monoisotopic (exact) mass is 180 g/mol. The quantitative estimate of drug-likeness (QED) is 0.470. The second kappa shape index (κ2) is 4.31. The second-order valence-corrected chi connectivity index (χ2v) is 4.41. The van der Waals surface area contributed by atoms with E-state index in [2.05, 4.69) is 33.9 Å². The lowest BCUT2D eigenvalue weighted by Crippen LogP contribution is -2.12. The summed E-state index contributed by atoms with van der Waals surface area (Å²) in [4.78, 5) is 0. The zero-order valence-electron chi connectivity index (χ0n) is 9.40. The van der Waals surface area contributed by atoms with Crippen LogP contribution >= 0.6 is 0 Å². The minimum atomic E-state index is -0.00208. The Morgan fingerprint density at radius 3 is 1.85 bits per heavy atom. The van der Waals surface area contributed by atoms with Crippen molar-refractivity contribution in [1.29, 1.82) is 0 Å². The summed E-state index contributed by atoms with van der Waals surface area (Å²) in [5, 5.41) is 0. The van der Waals surface area contributed by atoms with Gasteiger partial charge in [0.05, 0.1) is 5.76 Å². The molecule has 0 aromatic heterocycles. The average molecular weight is 180 g/mol. The molecule has 0 aliphatic rings. The van der Waals surface area contributed by atoms with Crippen molar-refractivity contribution in [3.63, 3.8) is 0 Å². The lowest BCUT2D eigenvalue weighted by Gasteiger charge is -2.23. The number of hydrogen-bond donors (Lipinski definition) is 0. The van der Waals surface area contributed by atoms with Crippen LogP contribution in [0.15, 0.2) is 36.3 Å². The molecule has 0 bridgehead atoms. The third kappa shape index (κ3) is 5.29. The third-order valence-corrected chi connectivity index (χ3v) is 1.40. The van der Waals surface area contributed by atoms with Gasteiger partial charge in [-0.15, -0.1) is 0 Å². The predicted molar refractivity (Wildman–Crippen MR) is 58.3 cm³/mol. The third-order valence-electron chi connectivity index (χ3n) is 1.40. The van der Waals surface area contributed by atoms with E-state index in [-0.39, 0.29) is 5.41 Å². The smallest absolute Gasteiger partial charge is 0.109 e. The van der Waals surface area contributed by atoms with E-state index < -0.39 is 0 Å². The molecule has 0 saturated carbocycles. The van der Waals surface area contributed by atoms with E-state index in [1.807, 2.05) is 19.9 Å². The maximum Gasteiger partial charge on any atom is 0.109 e. The summed E-state index contributed by atoms with van der Waals surface area (Å²) < 4.78 is 5.53. The van der Waals surface area contributed by atoms with E-state index in [0.717, 1.165) is 11.3 Å². The van der Waals surface area contributed by atoms with Gasteiger partial charge in [0.2, 0.25) is 0 Å². The van der Waals surface area contributed by atoms with Crippen molar-refractivity contribution in [3.8, 4) is 0 Å². The lowest BCUT2D eigenvalue weighted by atomic mass is 9.92. The van der Waals surface area contributed by atoms with Gasteiger partial charge >= 0.3 is 0 Å². The fraction of sp³-hybridized carbons (Fsp3) is 0.500. The lowest BCUT2D eigenvalue weighted by molar-refractivity contribution is 0.219. The molecule has 0 unspecified atom stereocenters. The maximum atomic E-state index is 5.53. The van der Waals surface area contributed by atoms with Crippen LogP contribution in [-0.2, 0) is 4.74 Å². The maximum absolute atomic E-state index is 5.53. The van der Waals surface area contributed by atoms with Crippen molar-refractivity contribution in [3.05, 3.63) is 36.3 Å². The molecule has 0 radical (unpaired) electrons. The second-order valence-electron chi connectivity index (χ2n) is 4.41. The van der Waals surface area contributed by atoms with Crippen molar-refractivity contribution >= 4 is 0 Å². The normalized spacial score (nSPS) is 12.5. The fourth-order valence-electron chi connectivity index (χ4n) is 0.811. The van der Waals surface area contributed by atoms with E-state index in [1.54, 1.807) is 0 Å². The van der Waals surface area contributed by atoms with Gasteiger partial charge in [-0.05, 0) is 19.9 Å². The Labute approximate surface area is 81.8 Å². The van der Waals surface area contributed by atoms with Crippen molar-refractivity contribution in [2.24, 2.45) is 5.41 Å². The number of hydrogen-bond acceptors (Lipinski definition) is 1. The van der Waals surface area contributed by atoms with Crippen LogP contribution in [0.25, 0.3) is 0 Å². The molecule has 13 heavy (non-hydrogen) atoms. The molecule has 0 fully saturated rings. The molecular formula is C12H20O. The Hall–Kier alpha value is -0.980. The van der Waals surface area contributed by atoms with Crippen LogP contribution in [0.3, 0.4) is 0 Å². The van der Waals surface area contributed by atoms with Crippen LogP contribution in [0.1, 0.15) is 34.6 Å². The van der Waals surface area contributed by atoms with Crippen LogP contribution < -0.4 is 0 Å². The zero-order valence-corrected chi connectivity index (χ0v) is 9.40. The number of ether oxygens (including phenoxy) is 1. The van der Waals surface area contributed by atoms with Crippen LogP contribution in [0.5, 0.6) is 0 Å². The average Bonchev–Trinajstić information content (AvgIpc) is 1.81. The van der Waals surface area contributed by atoms with Gasteiger partial charge in [-0.25, -0.2) is 0 Å². The Balaban J connectivity index is 4.77. The van der Waals surface area contributed by atoms with Crippen molar-refractivity contribution in [2.45, 2.75) is 34.6 Å². The summed E-state index contributed by atoms with van der Waals surface area (Å²) in [5.74, 6) is 1.62. The van der Waals surface area contributed by atoms with Gasteiger partial charge in [-0.3, -0.25) is 0 Å². The van der Waals surface area contributed by atoms with Gasteiger partial charge in [-0.1, -0.05) is 39.5 Å². The fourth-order valence-corrected chi connectivity index (χ4v) is 0.811. The molecule has 0 spiro atoms. The number of allylic oxidation sites excluding steroid dienone is 4. The Morgan fingerprint density at radius 2 is 1.62 bits per heavy atom. The van der Waals surface area contributed by atoms with Gasteiger partial charge in [0.15, 0.2) is 0 Å². The van der Waals surface area contributed by atoms with Crippen LogP contribution in [0.4, 0.5) is 0 Å². The van der Waals surface area contributed by atoms with E-state index >= 15 is 0 Å². The molecule has 0 N–H and O–H groups in total. The van der Waals surface area contributed by atoms with Crippen molar-refractivity contribution in [2.75, 3.05) is 0 Å². The van der Waals surface area contributed by atoms with Crippen LogP contribution in [0, 0.1) is 5.41 Å². The highest BCUT2D eigenvalue weighted by Crippen LogP contribution is 2.28. The van der Waals surface area contributed by atoms with E-state index in [9.17, 15) is 0 Å². The Bertz CT molecular complexity index is 238. The molecule has 0 atom stereocenters. The molecule has 0 aromatic rings. The largest absolute Gasteiger partial charge is 0.466 e. The summed E-state index contributed by atoms with van der Waals surface area (Å²) in [6.07, 6.45) is 1.95. The van der Waals surface area contributed by atoms with Crippen LogP contribution in [-0.4, -0.2) is 0 Å². The highest BCUT2D eigenvalue weighted by atomic mass is 16.5. The van der Waals surface area contributed by atoms with Gasteiger partial charge in [0.25, 0.3) is 0 Å². The molecule has 0 heterocycles. The molecule has 1 heteroatoms. The topological polar surface area (TPSA) is 9.23 Å². The van der Waals surface area contributed by atoms with Gasteiger partial charge in [0, 0.05) is 5.41 Å². The Morgan fingerprint density at radius 1 is 1.15 bits per heavy atom. The summed E-state index contributed by atoms with van der Waals surface area (Å²) in [7, 11) is 0. The van der Waals surface area contributed by atoms with Gasteiger partial charge in [-0.2, -0.15) is 0 Å². The summed E-state index contributed by atoms with van der Waals surface area (Å²) >= 11 is 0. The number of rotatable bonds is 3. The summed E-state index contributed by atoms with van der Waals surface area (Å²) in [5.41, 5.74) is 0.990. The van der Waals surface area contributed by atoms with Crippen LogP contribution in [0.2, 0.25) is 0 Å². The van der Waals surface area contributed by atoms with Gasteiger partial charge in [0.1, 0.15) is 5.76 Å². The first-order chi connectivity index (χ1) is 5.73. The standard InChI is InChI=1S/C12H20O/c1-9(2)8-11(12(5,6)7)13-10(3)4/h8H,1,3H2,2,4-7H3/b11-8-. The molecule has 0 rings (SSSR count). The first-order valence-corrected chi connectivity index (χ1v) is 4.44. The molecule has 1 nitrogen and oxygen atoms in total. The van der Waals surface area contributed by atoms with Crippen molar-refractivity contribution < 1.29 is 4.74 Å². The molecule has 0 aliphatic carbocycles. The minimum absolute atomic E-state index is 0.00208. The van der Waals surface area contributed by atoms with E-state index in [4.69, 9.17) is 4.74 Å². The first kappa shape index (κ1) is 12.0. The van der Waals surface area contributed by atoms with E-state index in [0.29, 0.717) is 5.76 Å². The molecular weight excluding hydrogens is 160 g/mol. The molecule has 0 saturated heterocycles. The Kier molecular flexibility index (Phi) is 3.99. The molecule has 0 aliphatic heterocycles. The zero-order chi connectivity index (χ0) is 10.6. The summed E-state index contributed by atoms with van der Waals surface area (Å²) in [6.45, 7) is 17.7. The minimum Gasteiger partial charge on any atom is -0.466 e.